The lowest BCUT2D eigenvalue weighted by Gasteiger charge is -2.20. The Balaban J connectivity index is 2.19. The van der Waals surface area contributed by atoms with Gasteiger partial charge >= 0.3 is 0 Å². The second-order valence-electron chi connectivity index (χ2n) is 4.38. The third kappa shape index (κ3) is 5.40. The first kappa shape index (κ1) is 12.0. The predicted octanol–water partition coefficient (Wildman–Crippen LogP) is 3.20. The minimum absolute atomic E-state index is 0.611. The summed E-state index contributed by atoms with van der Waals surface area (Å²) in [5.41, 5.74) is 7.84. The smallest absolute Gasteiger partial charge is 0.0499 e. The van der Waals surface area contributed by atoms with Crippen molar-refractivity contribution in [1.82, 2.24) is 0 Å². The zero-order chi connectivity index (χ0) is 11.1. The Kier molecular flexibility index (Phi) is 5.16. The van der Waals surface area contributed by atoms with E-state index in [1.54, 1.807) is 0 Å². The summed E-state index contributed by atoms with van der Waals surface area (Å²) in [7, 11) is 0. The number of hydrogen-bond acceptors (Lipinski definition) is 2. The van der Waals surface area contributed by atoms with Gasteiger partial charge in [-0.3, -0.25) is 4.99 Å². The Morgan fingerprint density at radius 1 is 1.40 bits per heavy atom. The van der Waals surface area contributed by atoms with Crippen LogP contribution in [0.4, 0.5) is 0 Å². The highest BCUT2D eigenvalue weighted by molar-refractivity contribution is 5.72. The summed E-state index contributed by atoms with van der Waals surface area (Å²) in [5.74, 6) is 0. The van der Waals surface area contributed by atoms with Gasteiger partial charge in [-0.15, -0.1) is 0 Å². The molecule has 0 amide bonds. The molecule has 0 spiro atoms. The number of rotatable bonds is 5. The molecule has 0 aromatic carbocycles. The first-order valence-electron chi connectivity index (χ1n) is 5.79. The summed E-state index contributed by atoms with van der Waals surface area (Å²) < 4.78 is 0. The number of nitrogens with two attached hydrogens (primary N) is 1. The lowest BCUT2D eigenvalue weighted by molar-refractivity contribution is 0.421. The van der Waals surface area contributed by atoms with E-state index in [0.29, 0.717) is 6.04 Å². The van der Waals surface area contributed by atoms with E-state index in [2.05, 4.69) is 24.1 Å². The molecule has 1 fully saturated rings. The second kappa shape index (κ2) is 6.44. The number of nitrogens with zero attached hydrogens (tertiary/aromatic N) is 1. The van der Waals surface area contributed by atoms with Crippen LogP contribution in [-0.4, -0.2) is 12.3 Å². The maximum atomic E-state index is 5.56. The quantitative estimate of drug-likeness (QED) is 0.689. The molecule has 0 aliphatic heterocycles. The summed E-state index contributed by atoms with van der Waals surface area (Å²) in [6.45, 7) is 4.07. The predicted molar refractivity (Wildman–Crippen MR) is 67.1 cm³/mol. The molecule has 2 heteroatoms. The van der Waals surface area contributed by atoms with E-state index in [-0.39, 0.29) is 0 Å². The first-order chi connectivity index (χ1) is 7.18. The van der Waals surface area contributed by atoms with Crippen molar-refractivity contribution in [3.8, 4) is 0 Å². The van der Waals surface area contributed by atoms with Crippen LogP contribution in [0, 0.1) is 0 Å². The van der Waals surface area contributed by atoms with Crippen molar-refractivity contribution in [2.24, 2.45) is 10.7 Å². The standard InChI is InChI=1S/C13H22N2/c1-11(5-3-6-12(2)14)9-10-15-13-7-4-8-13/h6,9-10,13H,3-5,7-8,14H2,1-2H3/b11-9-,12-6+,15-10?. The average Bonchev–Trinajstić information content (AvgIpc) is 2.08. The van der Waals surface area contributed by atoms with Crippen molar-refractivity contribution in [1.29, 1.82) is 0 Å². The van der Waals surface area contributed by atoms with E-state index >= 15 is 0 Å². The van der Waals surface area contributed by atoms with Crippen LogP contribution in [0.5, 0.6) is 0 Å². The summed E-state index contributed by atoms with van der Waals surface area (Å²) in [4.78, 5) is 4.47. The van der Waals surface area contributed by atoms with Crippen LogP contribution in [0.3, 0.4) is 0 Å². The second-order valence-corrected chi connectivity index (χ2v) is 4.38. The maximum absolute atomic E-state index is 5.56. The SMILES string of the molecule is C/C(=C/C=NC1CCC1)CC/C=C(\C)N. The molecule has 0 saturated heterocycles. The van der Waals surface area contributed by atoms with E-state index < -0.39 is 0 Å². The lowest BCUT2D eigenvalue weighted by atomic mass is 9.94. The molecule has 0 aromatic rings. The van der Waals surface area contributed by atoms with E-state index in [4.69, 9.17) is 5.73 Å². The van der Waals surface area contributed by atoms with Gasteiger partial charge in [0, 0.05) is 18.0 Å². The topological polar surface area (TPSA) is 38.4 Å². The molecule has 2 nitrogen and oxygen atoms in total. The lowest BCUT2D eigenvalue weighted by Crippen LogP contribution is -2.14. The van der Waals surface area contributed by atoms with Crippen molar-refractivity contribution >= 4 is 6.21 Å². The molecule has 1 aliphatic rings. The Morgan fingerprint density at radius 2 is 2.13 bits per heavy atom. The van der Waals surface area contributed by atoms with E-state index in [0.717, 1.165) is 18.5 Å². The molecule has 1 saturated carbocycles. The minimum Gasteiger partial charge on any atom is -0.403 e. The van der Waals surface area contributed by atoms with Gasteiger partial charge in [-0.25, -0.2) is 0 Å². The zero-order valence-corrected chi connectivity index (χ0v) is 9.87. The third-order valence-corrected chi connectivity index (χ3v) is 2.74. The highest BCUT2D eigenvalue weighted by Crippen LogP contribution is 2.21. The Hall–Kier alpha value is -1.05. The number of allylic oxidation sites excluding steroid dienone is 4. The van der Waals surface area contributed by atoms with Crippen LogP contribution in [-0.2, 0) is 0 Å². The van der Waals surface area contributed by atoms with Crippen molar-refractivity contribution in [3.05, 3.63) is 23.4 Å². The summed E-state index contributed by atoms with van der Waals surface area (Å²) in [6, 6.07) is 0.611. The van der Waals surface area contributed by atoms with Crippen molar-refractivity contribution in [2.45, 2.75) is 52.0 Å². The van der Waals surface area contributed by atoms with Crippen LogP contribution < -0.4 is 5.73 Å². The number of hydrogen-bond donors (Lipinski definition) is 1. The molecular weight excluding hydrogens is 184 g/mol. The van der Waals surface area contributed by atoms with Crippen LogP contribution in [0.1, 0.15) is 46.0 Å². The first-order valence-corrected chi connectivity index (χ1v) is 5.79. The molecule has 0 atom stereocenters. The normalized spacial score (nSPS) is 19.6. The van der Waals surface area contributed by atoms with Crippen LogP contribution in [0.25, 0.3) is 0 Å². The highest BCUT2D eigenvalue weighted by atomic mass is 14.8. The summed E-state index contributed by atoms with van der Waals surface area (Å²) in [5, 5.41) is 0. The van der Waals surface area contributed by atoms with Gasteiger partial charge < -0.3 is 5.73 Å². The van der Waals surface area contributed by atoms with Gasteiger partial charge in [0.15, 0.2) is 0 Å². The molecule has 0 radical (unpaired) electrons. The van der Waals surface area contributed by atoms with E-state index in [9.17, 15) is 0 Å². The highest BCUT2D eigenvalue weighted by Gasteiger charge is 2.14. The van der Waals surface area contributed by atoms with Gasteiger partial charge in [-0.1, -0.05) is 11.6 Å². The van der Waals surface area contributed by atoms with Crippen molar-refractivity contribution < 1.29 is 0 Å². The van der Waals surface area contributed by atoms with Crippen molar-refractivity contribution in [3.63, 3.8) is 0 Å². The molecule has 0 bridgehead atoms. The summed E-state index contributed by atoms with van der Waals surface area (Å²) >= 11 is 0. The molecule has 0 unspecified atom stereocenters. The van der Waals surface area contributed by atoms with Gasteiger partial charge in [0.1, 0.15) is 0 Å². The Labute approximate surface area is 93.0 Å². The largest absolute Gasteiger partial charge is 0.403 e. The molecule has 2 N–H and O–H groups in total. The Morgan fingerprint density at radius 3 is 2.67 bits per heavy atom. The minimum atomic E-state index is 0.611. The molecule has 1 aliphatic carbocycles. The van der Waals surface area contributed by atoms with Gasteiger partial charge in [-0.05, 0) is 52.0 Å². The van der Waals surface area contributed by atoms with Gasteiger partial charge in [-0.2, -0.15) is 0 Å². The van der Waals surface area contributed by atoms with E-state index in [1.807, 2.05) is 13.1 Å². The van der Waals surface area contributed by atoms with Gasteiger partial charge in [0.05, 0.1) is 0 Å². The van der Waals surface area contributed by atoms with Gasteiger partial charge in [0.25, 0.3) is 0 Å². The fourth-order valence-corrected chi connectivity index (χ4v) is 1.44. The molecule has 15 heavy (non-hydrogen) atoms. The van der Waals surface area contributed by atoms with Crippen LogP contribution in [0.2, 0.25) is 0 Å². The molecule has 0 heterocycles. The average molecular weight is 206 g/mol. The van der Waals surface area contributed by atoms with Gasteiger partial charge in [0.2, 0.25) is 0 Å². The van der Waals surface area contributed by atoms with Crippen LogP contribution >= 0.6 is 0 Å². The number of aliphatic imine (C=N–C) groups is 1. The molecular formula is C13H22N2. The van der Waals surface area contributed by atoms with E-state index in [1.165, 1.54) is 24.8 Å². The summed E-state index contributed by atoms with van der Waals surface area (Å²) in [6.07, 6.45) is 12.2. The molecule has 1 rings (SSSR count). The molecule has 0 aromatic heterocycles. The van der Waals surface area contributed by atoms with Crippen LogP contribution in [0.15, 0.2) is 28.4 Å². The fourth-order valence-electron chi connectivity index (χ4n) is 1.44. The maximum Gasteiger partial charge on any atom is 0.0499 e. The fraction of sp³-hybridized carbons (Fsp3) is 0.615. The zero-order valence-electron chi connectivity index (χ0n) is 9.87. The monoisotopic (exact) mass is 206 g/mol. The Bertz CT molecular complexity index is 266. The molecule has 84 valence electrons. The third-order valence-electron chi connectivity index (χ3n) is 2.74. The van der Waals surface area contributed by atoms with Crippen molar-refractivity contribution in [2.75, 3.05) is 0 Å².